The lowest BCUT2D eigenvalue weighted by Crippen LogP contribution is -2.20. The van der Waals surface area contributed by atoms with E-state index < -0.39 is 5.82 Å². The van der Waals surface area contributed by atoms with Gasteiger partial charge in [-0.25, -0.2) is 9.07 Å². The highest BCUT2D eigenvalue weighted by molar-refractivity contribution is 5.91. The van der Waals surface area contributed by atoms with Gasteiger partial charge in [-0.15, -0.1) is 0 Å². The second kappa shape index (κ2) is 9.15. The van der Waals surface area contributed by atoms with Crippen LogP contribution >= 0.6 is 0 Å². The molecule has 1 aromatic heterocycles. The summed E-state index contributed by atoms with van der Waals surface area (Å²) in [6, 6.07) is 25.6. The maximum Gasteiger partial charge on any atom is 0.250 e. The van der Waals surface area contributed by atoms with Crippen LogP contribution in [0.2, 0.25) is 0 Å². The predicted molar refractivity (Wildman–Crippen MR) is 113 cm³/mol. The Morgan fingerprint density at radius 2 is 1.63 bits per heavy atom. The van der Waals surface area contributed by atoms with Gasteiger partial charge < -0.3 is 10.1 Å². The van der Waals surface area contributed by atoms with Crippen molar-refractivity contribution in [3.8, 4) is 5.69 Å². The molecule has 1 N–H and O–H groups in total. The quantitative estimate of drug-likeness (QED) is 0.486. The molecule has 0 aliphatic carbocycles. The van der Waals surface area contributed by atoms with Crippen LogP contribution in [0, 0.1) is 5.82 Å². The minimum absolute atomic E-state index is 0.170. The molecule has 5 nitrogen and oxygen atoms in total. The lowest BCUT2D eigenvalue weighted by Gasteiger charge is -2.19. The van der Waals surface area contributed by atoms with Crippen molar-refractivity contribution in [2.45, 2.75) is 6.10 Å². The zero-order chi connectivity index (χ0) is 20.8. The van der Waals surface area contributed by atoms with Crippen molar-refractivity contribution in [3.05, 3.63) is 114 Å². The molecule has 1 heterocycles. The van der Waals surface area contributed by atoms with E-state index in [1.807, 2.05) is 60.7 Å². The van der Waals surface area contributed by atoms with Crippen LogP contribution in [0.1, 0.15) is 17.2 Å². The van der Waals surface area contributed by atoms with Crippen LogP contribution in [0.5, 0.6) is 0 Å². The average Bonchev–Trinajstić information content (AvgIpc) is 3.30. The van der Waals surface area contributed by atoms with Gasteiger partial charge in [-0.3, -0.25) is 4.79 Å². The zero-order valence-electron chi connectivity index (χ0n) is 16.1. The summed E-state index contributed by atoms with van der Waals surface area (Å²) in [5.41, 5.74) is 2.56. The normalized spacial score (nSPS) is 10.9. The van der Waals surface area contributed by atoms with Crippen LogP contribution in [0.3, 0.4) is 0 Å². The monoisotopic (exact) mass is 401 g/mol. The van der Waals surface area contributed by atoms with E-state index in [0.29, 0.717) is 11.4 Å². The number of anilines is 1. The topological polar surface area (TPSA) is 56.1 Å². The van der Waals surface area contributed by atoms with E-state index >= 15 is 0 Å². The minimum atomic E-state index is -0.483. The van der Waals surface area contributed by atoms with Gasteiger partial charge in [-0.05, 0) is 35.4 Å². The van der Waals surface area contributed by atoms with E-state index in [1.54, 1.807) is 30.6 Å². The third kappa shape index (κ3) is 4.61. The maximum atomic E-state index is 14.4. The Morgan fingerprint density at radius 1 is 0.967 bits per heavy atom. The molecule has 30 heavy (non-hydrogen) atoms. The van der Waals surface area contributed by atoms with Crippen LogP contribution in [0.4, 0.5) is 10.1 Å². The fraction of sp³-hybridized carbons (Fsp3) is 0.0833. The largest absolute Gasteiger partial charge is 0.359 e. The number of ether oxygens (including phenoxy) is 1. The molecule has 0 saturated heterocycles. The third-order valence-corrected chi connectivity index (χ3v) is 4.57. The van der Waals surface area contributed by atoms with Crippen LogP contribution in [0.25, 0.3) is 5.69 Å². The number of aromatic nitrogens is 2. The average molecular weight is 401 g/mol. The number of nitrogens with one attached hydrogen (secondary N) is 1. The molecular weight excluding hydrogens is 381 g/mol. The molecule has 0 fully saturated rings. The van der Waals surface area contributed by atoms with Crippen molar-refractivity contribution in [1.82, 2.24) is 9.78 Å². The predicted octanol–water partition coefficient (Wildman–Crippen LogP) is 4.76. The van der Waals surface area contributed by atoms with E-state index in [2.05, 4.69) is 10.4 Å². The first kappa shape index (κ1) is 19.5. The third-order valence-electron chi connectivity index (χ3n) is 4.57. The summed E-state index contributed by atoms with van der Waals surface area (Å²) in [7, 11) is 0. The number of hydrogen-bond acceptors (Lipinski definition) is 3. The van der Waals surface area contributed by atoms with E-state index in [-0.39, 0.29) is 18.6 Å². The van der Waals surface area contributed by atoms with Crippen LogP contribution in [-0.4, -0.2) is 22.3 Å². The van der Waals surface area contributed by atoms with Crippen molar-refractivity contribution < 1.29 is 13.9 Å². The number of hydrogen-bond donors (Lipinski definition) is 1. The minimum Gasteiger partial charge on any atom is -0.359 e. The van der Waals surface area contributed by atoms with Gasteiger partial charge in [-0.1, -0.05) is 60.7 Å². The van der Waals surface area contributed by atoms with E-state index in [9.17, 15) is 9.18 Å². The molecule has 0 aliphatic rings. The second-order valence-electron chi connectivity index (χ2n) is 6.68. The molecule has 0 saturated carbocycles. The van der Waals surface area contributed by atoms with Gasteiger partial charge in [0.15, 0.2) is 5.82 Å². The molecule has 0 unspecified atom stereocenters. The summed E-state index contributed by atoms with van der Waals surface area (Å²) in [5, 5.41) is 6.69. The van der Waals surface area contributed by atoms with Gasteiger partial charge in [0.2, 0.25) is 5.91 Å². The highest BCUT2D eigenvalue weighted by atomic mass is 19.1. The Hall–Kier alpha value is -3.77. The number of rotatable bonds is 7. The Kier molecular flexibility index (Phi) is 5.96. The highest BCUT2D eigenvalue weighted by Crippen LogP contribution is 2.26. The van der Waals surface area contributed by atoms with Gasteiger partial charge in [0, 0.05) is 18.1 Å². The van der Waals surface area contributed by atoms with Gasteiger partial charge in [-0.2, -0.15) is 5.10 Å². The number of carbonyl (C=O) groups excluding carboxylic acids is 1. The highest BCUT2D eigenvalue weighted by Gasteiger charge is 2.16. The number of nitrogens with zero attached hydrogens (tertiary/aromatic N) is 2. The number of halogens is 1. The number of amides is 1. The molecule has 0 bridgehead atoms. The summed E-state index contributed by atoms with van der Waals surface area (Å²) in [6.07, 6.45) is 2.84. The number of carbonyl (C=O) groups is 1. The molecule has 6 heteroatoms. The summed E-state index contributed by atoms with van der Waals surface area (Å²) < 4.78 is 21.7. The fourth-order valence-corrected chi connectivity index (χ4v) is 3.18. The molecule has 4 rings (SSSR count). The van der Waals surface area contributed by atoms with Gasteiger partial charge in [0.1, 0.15) is 18.4 Å². The van der Waals surface area contributed by atoms with Crippen molar-refractivity contribution in [3.63, 3.8) is 0 Å². The van der Waals surface area contributed by atoms with E-state index in [4.69, 9.17) is 4.74 Å². The molecule has 4 aromatic rings. The van der Waals surface area contributed by atoms with E-state index in [0.717, 1.165) is 11.1 Å². The fourth-order valence-electron chi connectivity index (χ4n) is 3.18. The molecule has 0 atom stereocenters. The maximum absolute atomic E-state index is 14.4. The Morgan fingerprint density at radius 3 is 2.20 bits per heavy atom. The number of benzene rings is 3. The molecule has 1 amide bonds. The van der Waals surface area contributed by atoms with Crippen LogP contribution in [-0.2, 0) is 9.53 Å². The van der Waals surface area contributed by atoms with Crippen molar-refractivity contribution in [2.75, 3.05) is 11.9 Å². The van der Waals surface area contributed by atoms with Crippen molar-refractivity contribution in [1.29, 1.82) is 0 Å². The summed E-state index contributed by atoms with van der Waals surface area (Å²) in [4.78, 5) is 12.4. The van der Waals surface area contributed by atoms with E-state index in [1.165, 1.54) is 10.7 Å². The van der Waals surface area contributed by atoms with Gasteiger partial charge in [0.25, 0.3) is 0 Å². The first-order valence-corrected chi connectivity index (χ1v) is 9.51. The van der Waals surface area contributed by atoms with Crippen molar-refractivity contribution in [2.24, 2.45) is 0 Å². The SMILES string of the molecule is O=C(COC(c1ccccc1)c1ccccc1)Nc1ccc(-n2cccn2)c(F)c1. The molecular formula is C24H20FN3O2. The molecule has 0 radical (unpaired) electrons. The smallest absolute Gasteiger partial charge is 0.250 e. The van der Waals surface area contributed by atoms with Gasteiger partial charge >= 0.3 is 0 Å². The first-order valence-electron chi connectivity index (χ1n) is 9.51. The van der Waals surface area contributed by atoms with Crippen molar-refractivity contribution >= 4 is 11.6 Å². The Balaban J connectivity index is 1.43. The van der Waals surface area contributed by atoms with Crippen LogP contribution in [0.15, 0.2) is 97.3 Å². The Labute approximate surface area is 173 Å². The summed E-state index contributed by atoms with van der Waals surface area (Å²) >= 11 is 0. The summed E-state index contributed by atoms with van der Waals surface area (Å²) in [5.74, 6) is -0.845. The van der Waals surface area contributed by atoms with Gasteiger partial charge in [0.05, 0.1) is 0 Å². The molecule has 150 valence electrons. The molecule has 3 aromatic carbocycles. The lowest BCUT2D eigenvalue weighted by molar-refractivity contribution is -0.121. The van der Waals surface area contributed by atoms with Crippen LogP contribution < -0.4 is 5.32 Å². The lowest BCUT2D eigenvalue weighted by atomic mass is 10.0. The molecule has 0 spiro atoms. The zero-order valence-corrected chi connectivity index (χ0v) is 16.1. The first-order chi connectivity index (χ1) is 14.7. The Bertz CT molecular complexity index is 1060. The standard InChI is InChI=1S/C24H20FN3O2/c25-21-16-20(12-13-22(21)28-15-7-14-26-28)27-23(29)17-30-24(18-8-3-1-4-9-18)19-10-5-2-6-11-19/h1-16,24H,17H2,(H,27,29). The molecule has 0 aliphatic heterocycles. The second-order valence-corrected chi connectivity index (χ2v) is 6.68. The summed E-state index contributed by atoms with van der Waals surface area (Å²) in [6.45, 7) is -0.170.